The maximum Gasteiger partial charge on any atom is 0.237 e. The first-order valence-corrected chi connectivity index (χ1v) is 9.06. The summed E-state index contributed by atoms with van der Waals surface area (Å²) >= 11 is 0. The standard InChI is InChI=1S/C22H26N2O2/c1-17(22(25)23-16-18-8-10-21(26-2)11-9-18)24-14-12-20(13-15-24)19-6-4-3-5-7-19/h3-12,17H,13-16H2,1-2H3,(H,23,25)/t17-/m1/s1. The molecular weight excluding hydrogens is 324 g/mol. The average Bonchev–Trinajstić information content (AvgIpc) is 2.72. The number of nitrogens with zero attached hydrogens (tertiary/aromatic N) is 1. The van der Waals surface area contributed by atoms with Crippen molar-refractivity contribution in [3.05, 3.63) is 71.8 Å². The lowest BCUT2D eigenvalue weighted by atomic mass is 9.99. The first-order chi connectivity index (χ1) is 12.7. The fourth-order valence-electron chi connectivity index (χ4n) is 3.20. The number of hydrogen-bond acceptors (Lipinski definition) is 3. The highest BCUT2D eigenvalue weighted by molar-refractivity contribution is 5.81. The minimum absolute atomic E-state index is 0.0670. The molecule has 1 aliphatic heterocycles. The van der Waals surface area contributed by atoms with Crippen LogP contribution in [0.15, 0.2) is 60.7 Å². The van der Waals surface area contributed by atoms with Crippen molar-refractivity contribution in [1.29, 1.82) is 0 Å². The SMILES string of the molecule is COc1ccc(CNC(=O)[C@@H](C)N2CC=C(c3ccccc3)CC2)cc1. The molecule has 0 unspecified atom stereocenters. The van der Waals surface area contributed by atoms with Gasteiger partial charge in [-0.05, 0) is 42.2 Å². The van der Waals surface area contributed by atoms with Crippen LogP contribution in [-0.4, -0.2) is 37.0 Å². The van der Waals surface area contributed by atoms with Crippen molar-refractivity contribution >= 4 is 11.5 Å². The molecule has 1 heterocycles. The molecule has 0 bridgehead atoms. The molecule has 4 heteroatoms. The molecule has 2 aromatic carbocycles. The van der Waals surface area contributed by atoms with E-state index in [2.05, 4.69) is 40.6 Å². The summed E-state index contributed by atoms with van der Waals surface area (Å²) in [6, 6.07) is 18.1. The number of hydrogen-bond donors (Lipinski definition) is 1. The number of benzene rings is 2. The Morgan fingerprint density at radius 2 is 1.88 bits per heavy atom. The summed E-state index contributed by atoms with van der Waals surface area (Å²) in [5.74, 6) is 0.889. The average molecular weight is 350 g/mol. The number of rotatable bonds is 6. The molecule has 1 atom stereocenters. The van der Waals surface area contributed by atoms with Gasteiger partial charge in [-0.2, -0.15) is 0 Å². The van der Waals surface area contributed by atoms with E-state index in [4.69, 9.17) is 4.74 Å². The van der Waals surface area contributed by atoms with Gasteiger partial charge in [0.1, 0.15) is 5.75 Å². The van der Waals surface area contributed by atoms with Gasteiger partial charge in [0.15, 0.2) is 0 Å². The second kappa shape index (κ2) is 8.68. The maximum atomic E-state index is 12.5. The van der Waals surface area contributed by atoms with Crippen LogP contribution in [0.1, 0.15) is 24.5 Å². The van der Waals surface area contributed by atoms with Gasteiger partial charge in [-0.25, -0.2) is 0 Å². The molecule has 0 aliphatic carbocycles. The summed E-state index contributed by atoms with van der Waals surface area (Å²) in [4.78, 5) is 14.7. The van der Waals surface area contributed by atoms with Gasteiger partial charge in [0, 0.05) is 19.6 Å². The van der Waals surface area contributed by atoms with Gasteiger partial charge >= 0.3 is 0 Å². The molecule has 26 heavy (non-hydrogen) atoms. The molecule has 3 rings (SSSR count). The highest BCUT2D eigenvalue weighted by Crippen LogP contribution is 2.23. The number of ether oxygens (including phenoxy) is 1. The lowest BCUT2D eigenvalue weighted by Gasteiger charge is -2.31. The molecule has 0 saturated heterocycles. The zero-order valence-corrected chi connectivity index (χ0v) is 15.4. The van der Waals surface area contributed by atoms with Gasteiger partial charge < -0.3 is 10.1 Å². The van der Waals surface area contributed by atoms with Crippen LogP contribution >= 0.6 is 0 Å². The second-order valence-corrected chi connectivity index (χ2v) is 6.58. The zero-order chi connectivity index (χ0) is 18.4. The van der Waals surface area contributed by atoms with Crippen LogP contribution in [0, 0.1) is 0 Å². The van der Waals surface area contributed by atoms with Crippen LogP contribution < -0.4 is 10.1 Å². The van der Waals surface area contributed by atoms with Crippen molar-refractivity contribution in [2.24, 2.45) is 0 Å². The first kappa shape index (κ1) is 18.2. The van der Waals surface area contributed by atoms with E-state index < -0.39 is 0 Å². The summed E-state index contributed by atoms with van der Waals surface area (Å²) in [5.41, 5.74) is 3.72. The summed E-state index contributed by atoms with van der Waals surface area (Å²) in [6.07, 6.45) is 3.21. The van der Waals surface area contributed by atoms with Gasteiger partial charge in [0.25, 0.3) is 0 Å². The molecule has 2 aromatic rings. The lowest BCUT2D eigenvalue weighted by molar-refractivity contribution is -0.125. The normalized spacial score (nSPS) is 15.8. The monoisotopic (exact) mass is 350 g/mol. The van der Waals surface area contributed by atoms with Crippen molar-refractivity contribution in [3.8, 4) is 5.75 Å². The highest BCUT2D eigenvalue weighted by Gasteiger charge is 2.23. The molecule has 1 N–H and O–H groups in total. The van der Waals surface area contributed by atoms with Crippen LogP contribution in [0.25, 0.3) is 5.57 Å². The molecule has 0 fully saturated rings. The Morgan fingerprint density at radius 3 is 2.50 bits per heavy atom. The summed E-state index contributed by atoms with van der Waals surface area (Å²) < 4.78 is 5.15. The van der Waals surface area contributed by atoms with Gasteiger partial charge in [-0.1, -0.05) is 48.5 Å². The number of amides is 1. The minimum Gasteiger partial charge on any atom is -0.497 e. The van der Waals surface area contributed by atoms with Crippen molar-refractivity contribution in [3.63, 3.8) is 0 Å². The molecule has 0 radical (unpaired) electrons. The Kier molecular flexibility index (Phi) is 6.08. The van der Waals surface area contributed by atoms with Crippen molar-refractivity contribution in [2.45, 2.75) is 25.9 Å². The molecule has 0 aromatic heterocycles. The van der Waals surface area contributed by atoms with Gasteiger partial charge in [0.2, 0.25) is 5.91 Å². The zero-order valence-electron chi connectivity index (χ0n) is 15.4. The van der Waals surface area contributed by atoms with E-state index >= 15 is 0 Å². The van der Waals surface area contributed by atoms with E-state index in [0.717, 1.165) is 30.8 Å². The first-order valence-electron chi connectivity index (χ1n) is 9.06. The van der Waals surface area contributed by atoms with Gasteiger partial charge in [-0.15, -0.1) is 0 Å². The second-order valence-electron chi connectivity index (χ2n) is 6.58. The Balaban J connectivity index is 1.51. The minimum atomic E-state index is -0.137. The van der Waals surface area contributed by atoms with Crippen LogP contribution in [0.5, 0.6) is 5.75 Å². The summed E-state index contributed by atoms with van der Waals surface area (Å²) in [7, 11) is 1.65. The highest BCUT2D eigenvalue weighted by atomic mass is 16.5. The van der Waals surface area contributed by atoms with E-state index in [1.165, 1.54) is 11.1 Å². The summed E-state index contributed by atoms with van der Waals surface area (Å²) in [5, 5.41) is 3.03. The fraction of sp³-hybridized carbons (Fsp3) is 0.318. The van der Waals surface area contributed by atoms with Crippen molar-refractivity contribution < 1.29 is 9.53 Å². The van der Waals surface area contributed by atoms with Crippen LogP contribution in [0.4, 0.5) is 0 Å². The quantitative estimate of drug-likeness (QED) is 0.867. The largest absolute Gasteiger partial charge is 0.497 e. The molecule has 1 amide bonds. The fourth-order valence-corrected chi connectivity index (χ4v) is 3.20. The lowest BCUT2D eigenvalue weighted by Crippen LogP contribution is -2.46. The molecule has 136 valence electrons. The van der Waals surface area contributed by atoms with E-state index in [0.29, 0.717) is 6.54 Å². The van der Waals surface area contributed by atoms with E-state index in [1.807, 2.05) is 37.3 Å². The Bertz CT molecular complexity index is 753. The smallest absolute Gasteiger partial charge is 0.237 e. The number of methoxy groups -OCH3 is 1. The molecular formula is C22H26N2O2. The topological polar surface area (TPSA) is 41.6 Å². The third kappa shape index (κ3) is 4.52. The van der Waals surface area contributed by atoms with E-state index in [1.54, 1.807) is 7.11 Å². The summed E-state index contributed by atoms with van der Waals surface area (Å²) in [6.45, 7) is 4.22. The number of carbonyl (C=O) groups excluding carboxylic acids is 1. The molecule has 0 saturated carbocycles. The Morgan fingerprint density at radius 1 is 1.15 bits per heavy atom. The van der Waals surface area contributed by atoms with Crippen molar-refractivity contribution in [1.82, 2.24) is 10.2 Å². The third-order valence-electron chi connectivity index (χ3n) is 4.94. The number of nitrogens with one attached hydrogen (secondary N) is 1. The van der Waals surface area contributed by atoms with Crippen LogP contribution in [0.2, 0.25) is 0 Å². The molecule has 0 spiro atoms. The Labute approximate surface area is 155 Å². The molecule has 4 nitrogen and oxygen atoms in total. The molecule has 1 aliphatic rings. The predicted molar refractivity (Wildman–Crippen MR) is 105 cm³/mol. The van der Waals surface area contributed by atoms with E-state index in [-0.39, 0.29) is 11.9 Å². The Hall–Kier alpha value is -2.59. The van der Waals surface area contributed by atoms with Gasteiger partial charge in [-0.3, -0.25) is 9.69 Å². The van der Waals surface area contributed by atoms with Crippen LogP contribution in [-0.2, 0) is 11.3 Å². The van der Waals surface area contributed by atoms with Gasteiger partial charge in [0.05, 0.1) is 13.2 Å². The van der Waals surface area contributed by atoms with E-state index in [9.17, 15) is 4.79 Å². The third-order valence-corrected chi connectivity index (χ3v) is 4.94. The predicted octanol–water partition coefficient (Wildman–Crippen LogP) is 3.49. The number of carbonyl (C=O) groups is 1. The van der Waals surface area contributed by atoms with Crippen LogP contribution in [0.3, 0.4) is 0 Å². The maximum absolute atomic E-state index is 12.5. The van der Waals surface area contributed by atoms with Crippen molar-refractivity contribution in [2.75, 3.05) is 20.2 Å².